The lowest BCUT2D eigenvalue weighted by atomic mass is 10.2. The molecule has 0 aliphatic rings. The zero-order valence-corrected chi connectivity index (χ0v) is 10.5. The third kappa shape index (κ3) is 3.31. The van der Waals surface area contributed by atoms with Gasteiger partial charge in [-0.25, -0.2) is 0 Å². The Balaban J connectivity index is 2.80. The first-order valence-electron chi connectivity index (χ1n) is 3.78. The van der Waals surface area contributed by atoms with E-state index in [1.165, 1.54) is 17.3 Å². The van der Waals surface area contributed by atoms with E-state index in [0.29, 0.717) is 0 Å². The van der Waals surface area contributed by atoms with Crippen molar-refractivity contribution in [1.29, 1.82) is 5.26 Å². The van der Waals surface area contributed by atoms with Gasteiger partial charge in [0.15, 0.2) is 0 Å². The van der Waals surface area contributed by atoms with Gasteiger partial charge in [-0.1, -0.05) is 28.1 Å². The third-order valence-electron chi connectivity index (χ3n) is 1.65. The van der Waals surface area contributed by atoms with E-state index in [4.69, 9.17) is 5.26 Å². The van der Waals surface area contributed by atoms with Gasteiger partial charge in [-0.15, -0.1) is 9.24 Å². The molecule has 0 saturated heterocycles. The standard InChI is InChI=1S/C9H9BrNPS/c10-8-3-1-7(2-4-8)9(5-12)13-6-11/h1-4,9H,5,12H2. The minimum Gasteiger partial charge on any atom is -0.185 e. The van der Waals surface area contributed by atoms with Crippen LogP contribution in [0.25, 0.3) is 0 Å². The number of halogens is 1. The maximum absolute atomic E-state index is 8.58. The fraction of sp³-hybridized carbons (Fsp3) is 0.222. The summed E-state index contributed by atoms with van der Waals surface area (Å²) in [4.78, 5) is 0. The zero-order valence-electron chi connectivity index (χ0n) is 6.90. The van der Waals surface area contributed by atoms with Crippen LogP contribution >= 0.6 is 36.9 Å². The van der Waals surface area contributed by atoms with Crippen molar-refractivity contribution >= 4 is 36.9 Å². The van der Waals surface area contributed by atoms with E-state index in [-0.39, 0.29) is 5.25 Å². The maximum Gasteiger partial charge on any atom is 0.133 e. The quantitative estimate of drug-likeness (QED) is 0.621. The van der Waals surface area contributed by atoms with Gasteiger partial charge >= 0.3 is 0 Å². The predicted molar refractivity (Wildman–Crippen MR) is 64.7 cm³/mol. The molecule has 0 radical (unpaired) electrons. The fourth-order valence-electron chi connectivity index (χ4n) is 0.993. The van der Waals surface area contributed by atoms with E-state index in [1.807, 2.05) is 24.3 Å². The van der Waals surface area contributed by atoms with E-state index in [1.54, 1.807) is 0 Å². The molecule has 1 aromatic rings. The highest BCUT2D eigenvalue weighted by atomic mass is 79.9. The Bertz CT molecular complexity index is 306. The zero-order chi connectivity index (χ0) is 9.68. The lowest BCUT2D eigenvalue weighted by molar-refractivity contribution is 1.12. The van der Waals surface area contributed by atoms with E-state index >= 15 is 0 Å². The second kappa shape index (κ2) is 5.65. The van der Waals surface area contributed by atoms with Crippen molar-refractivity contribution in [3.05, 3.63) is 34.3 Å². The molecule has 2 atom stereocenters. The van der Waals surface area contributed by atoms with Gasteiger partial charge in [0.1, 0.15) is 5.40 Å². The molecule has 0 saturated carbocycles. The Morgan fingerprint density at radius 3 is 2.54 bits per heavy atom. The van der Waals surface area contributed by atoms with Crippen molar-refractivity contribution in [3.63, 3.8) is 0 Å². The van der Waals surface area contributed by atoms with E-state index < -0.39 is 0 Å². The molecule has 1 rings (SSSR count). The van der Waals surface area contributed by atoms with Gasteiger partial charge in [0.05, 0.1) is 0 Å². The first-order valence-corrected chi connectivity index (χ1v) is 6.27. The summed E-state index contributed by atoms with van der Waals surface area (Å²) in [5, 5.41) is 11.0. The number of hydrogen-bond acceptors (Lipinski definition) is 2. The Kier molecular flexibility index (Phi) is 4.80. The highest BCUT2D eigenvalue weighted by molar-refractivity contribution is 9.10. The van der Waals surface area contributed by atoms with Gasteiger partial charge < -0.3 is 0 Å². The van der Waals surface area contributed by atoms with Gasteiger partial charge in [0.2, 0.25) is 0 Å². The monoisotopic (exact) mass is 273 g/mol. The van der Waals surface area contributed by atoms with Crippen LogP contribution in [0.5, 0.6) is 0 Å². The van der Waals surface area contributed by atoms with Crippen molar-refractivity contribution in [2.45, 2.75) is 5.25 Å². The van der Waals surface area contributed by atoms with Crippen LogP contribution < -0.4 is 0 Å². The van der Waals surface area contributed by atoms with Crippen molar-refractivity contribution in [2.75, 3.05) is 6.16 Å². The summed E-state index contributed by atoms with van der Waals surface area (Å²) in [6.45, 7) is 0. The molecule has 0 aliphatic heterocycles. The minimum absolute atomic E-state index is 0.267. The molecular formula is C9H9BrNPS. The largest absolute Gasteiger partial charge is 0.185 e. The Morgan fingerprint density at radius 2 is 2.08 bits per heavy atom. The van der Waals surface area contributed by atoms with Crippen LogP contribution in [0.2, 0.25) is 0 Å². The molecule has 1 nitrogen and oxygen atoms in total. The van der Waals surface area contributed by atoms with Crippen LogP contribution in [0.15, 0.2) is 28.7 Å². The second-order valence-corrected chi connectivity index (χ2v) is 4.86. The highest BCUT2D eigenvalue weighted by Gasteiger charge is 2.08. The molecule has 0 N–H and O–H groups in total. The van der Waals surface area contributed by atoms with Crippen LogP contribution in [-0.2, 0) is 0 Å². The summed E-state index contributed by atoms with van der Waals surface area (Å²) in [7, 11) is 2.67. The van der Waals surface area contributed by atoms with Crippen LogP contribution in [-0.4, -0.2) is 6.16 Å². The average molecular weight is 274 g/mol. The lowest BCUT2D eigenvalue weighted by Crippen LogP contribution is -1.93. The van der Waals surface area contributed by atoms with Crippen molar-refractivity contribution in [3.8, 4) is 5.40 Å². The number of nitriles is 1. The Labute approximate surface area is 93.2 Å². The fourth-order valence-corrected chi connectivity index (χ4v) is 2.34. The Morgan fingerprint density at radius 1 is 1.46 bits per heavy atom. The van der Waals surface area contributed by atoms with Gasteiger partial charge in [0.25, 0.3) is 0 Å². The van der Waals surface area contributed by atoms with E-state index in [0.717, 1.165) is 10.6 Å². The summed E-state index contributed by atoms with van der Waals surface area (Å²) >= 11 is 4.68. The topological polar surface area (TPSA) is 23.8 Å². The van der Waals surface area contributed by atoms with E-state index in [2.05, 4.69) is 30.6 Å². The number of rotatable bonds is 3. The molecule has 2 unspecified atom stereocenters. The average Bonchev–Trinajstić information content (AvgIpc) is 2.16. The van der Waals surface area contributed by atoms with Crippen LogP contribution in [0.4, 0.5) is 0 Å². The number of hydrogen-bond donors (Lipinski definition) is 0. The van der Waals surface area contributed by atoms with E-state index in [9.17, 15) is 0 Å². The number of nitrogens with zero attached hydrogens (tertiary/aromatic N) is 1. The first kappa shape index (κ1) is 11.0. The smallest absolute Gasteiger partial charge is 0.133 e. The molecule has 0 bridgehead atoms. The second-order valence-electron chi connectivity index (χ2n) is 2.49. The summed E-state index contributed by atoms with van der Waals surface area (Å²) < 4.78 is 1.07. The minimum atomic E-state index is 0.267. The molecule has 0 aliphatic carbocycles. The molecule has 0 amide bonds. The SMILES string of the molecule is N#CSC(CP)c1ccc(Br)cc1. The molecule has 13 heavy (non-hydrogen) atoms. The third-order valence-corrected chi connectivity index (χ3v) is 3.85. The van der Waals surface area contributed by atoms with Crippen LogP contribution in [0.1, 0.15) is 10.8 Å². The number of thioether (sulfide) groups is 1. The van der Waals surface area contributed by atoms with Crippen LogP contribution in [0.3, 0.4) is 0 Å². The maximum atomic E-state index is 8.58. The molecule has 1 aromatic carbocycles. The first-order chi connectivity index (χ1) is 6.27. The van der Waals surface area contributed by atoms with Gasteiger partial charge in [-0.3, -0.25) is 0 Å². The molecule has 68 valence electrons. The molecule has 0 aromatic heterocycles. The molecular weight excluding hydrogens is 265 g/mol. The van der Waals surface area contributed by atoms with Crippen LogP contribution in [0, 0.1) is 10.7 Å². The molecule has 4 heteroatoms. The summed E-state index contributed by atoms with van der Waals surface area (Å²) in [6.07, 6.45) is 0.903. The van der Waals surface area contributed by atoms with Gasteiger partial charge in [-0.05, 0) is 35.6 Å². The Hall–Kier alpha value is -0.0300. The van der Waals surface area contributed by atoms with Crippen molar-refractivity contribution < 1.29 is 0 Å². The predicted octanol–water partition coefficient (Wildman–Crippen LogP) is 3.58. The molecule has 0 spiro atoms. The lowest BCUT2D eigenvalue weighted by Gasteiger charge is -2.09. The van der Waals surface area contributed by atoms with Gasteiger partial charge in [0, 0.05) is 9.72 Å². The highest BCUT2D eigenvalue weighted by Crippen LogP contribution is 2.30. The van der Waals surface area contributed by atoms with Crippen molar-refractivity contribution in [1.82, 2.24) is 0 Å². The summed E-state index contributed by atoms with van der Waals surface area (Å²) in [6, 6.07) is 8.09. The summed E-state index contributed by atoms with van der Waals surface area (Å²) in [5.74, 6) is 0. The molecule has 0 fully saturated rings. The summed E-state index contributed by atoms with van der Waals surface area (Å²) in [5.41, 5.74) is 1.20. The normalized spacial score (nSPS) is 12.1. The number of thiocyanates is 1. The molecule has 0 heterocycles. The van der Waals surface area contributed by atoms with Crippen molar-refractivity contribution in [2.24, 2.45) is 0 Å². The number of benzene rings is 1. The van der Waals surface area contributed by atoms with Gasteiger partial charge in [-0.2, -0.15) is 5.26 Å².